The number of nitrogen functional groups attached to an aromatic ring is 1. The summed E-state index contributed by atoms with van der Waals surface area (Å²) in [6.45, 7) is 2.60. The second-order valence-electron chi connectivity index (χ2n) is 4.69. The Morgan fingerprint density at radius 3 is 2.62 bits per heavy atom. The Bertz CT molecular complexity index is 742. The van der Waals surface area contributed by atoms with Gasteiger partial charge in [-0.1, -0.05) is 12.1 Å². The summed E-state index contributed by atoms with van der Waals surface area (Å²) in [5.41, 5.74) is 9.47. The molecule has 0 unspecified atom stereocenters. The molecule has 0 saturated carbocycles. The molecule has 1 aromatic carbocycles. The van der Waals surface area contributed by atoms with Gasteiger partial charge < -0.3 is 10.5 Å². The summed E-state index contributed by atoms with van der Waals surface area (Å²) >= 11 is 0. The molecule has 0 spiro atoms. The van der Waals surface area contributed by atoms with Crippen molar-refractivity contribution in [3.63, 3.8) is 0 Å². The molecule has 6 heteroatoms. The molecule has 0 bridgehead atoms. The number of ether oxygens (including phenoxy) is 1. The van der Waals surface area contributed by atoms with E-state index in [0.29, 0.717) is 12.4 Å². The average Bonchev–Trinajstić information content (AvgIpc) is 3.06. The van der Waals surface area contributed by atoms with Crippen molar-refractivity contribution < 1.29 is 4.74 Å². The van der Waals surface area contributed by atoms with Crippen molar-refractivity contribution in [1.82, 2.24) is 20.0 Å². The standard InChI is InChI=1S/C15H17N5O/c1-3-21-11-6-4-10(5-7-11)13-14(17-18-15(13)16)12-8-9-20(2)19-12/h4-9H,3H2,1-2H3,(H3,16,17,18). The third-order valence-electron chi connectivity index (χ3n) is 3.22. The lowest BCUT2D eigenvalue weighted by molar-refractivity contribution is 0.340. The molecule has 2 heterocycles. The number of aryl methyl sites for hydroxylation is 1. The van der Waals surface area contributed by atoms with E-state index < -0.39 is 0 Å². The number of nitrogens with zero attached hydrogens (tertiary/aromatic N) is 3. The summed E-state index contributed by atoms with van der Waals surface area (Å²) in [5, 5.41) is 11.5. The SMILES string of the molecule is CCOc1ccc(-c2c(N)n[nH]c2-c2ccn(C)n2)cc1. The molecule has 0 fully saturated rings. The van der Waals surface area contributed by atoms with Crippen LogP contribution in [0.4, 0.5) is 5.82 Å². The molecule has 0 amide bonds. The van der Waals surface area contributed by atoms with Gasteiger partial charge in [0.1, 0.15) is 11.4 Å². The lowest BCUT2D eigenvalue weighted by Crippen LogP contribution is -1.93. The highest BCUT2D eigenvalue weighted by molar-refractivity contribution is 5.86. The highest BCUT2D eigenvalue weighted by atomic mass is 16.5. The summed E-state index contributed by atoms with van der Waals surface area (Å²) in [7, 11) is 1.87. The second-order valence-corrected chi connectivity index (χ2v) is 4.69. The van der Waals surface area contributed by atoms with E-state index in [9.17, 15) is 0 Å². The Balaban J connectivity index is 2.04. The van der Waals surface area contributed by atoms with Gasteiger partial charge in [0.15, 0.2) is 5.82 Å². The van der Waals surface area contributed by atoms with E-state index in [0.717, 1.165) is 28.3 Å². The van der Waals surface area contributed by atoms with E-state index in [2.05, 4.69) is 15.3 Å². The number of nitrogens with one attached hydrogen (secondary N) is 1. The molecule has 0 saturated heterocycles. The Morgan fingerprint density at radius 2 is 2.00 bits per heavy atom. The predicted octanol–water partition coefficient (Wildman–Crippen LogP) is 2.46. The van der Waals surface area contributed by atoms with Gasteiger partial charge in [-0.3, -0.25) is 9.78 Å². The van der Waals surface area contributed by atoms with Crippen LogP contribution in [-0.4, -0.2) is 26.6 Å². The van der Waals surface area contributed by atoms with E-state index in [1.807, 2.05) is 50.5 Å². The first-order valence-electron chi connectivity index (χ1n) is 6.76. The number of aromatic amines is 1. The molecule has 108 valence electrons. The number of rotatable bonds is 4. The number of nitrogens with two attached hydrogens (primary N) is 1. The van der Waals surface area contributed by atoms with Crippen LogP contribution < -0.4 is 10.5 Å². The topological polar surface area (TPSA) is 81.8 Å². The van der Waals surface area contributed by atoms with Gasteiger partial charge in [0.05, 0.1) is 17.9 Å². The van der Waals surface area contributed by atoms with Crippen LogP contribution in [0.2, 0.25) is 0 Å². The fourth-order valence-corrected chi connectivity index (χ4v) is 2.27. The monoisotopic (exact) mass is 283 g/mol. The molecule has 0 aliphatic heterocycles. The highest BCUT2D eigenvalue weighted by Gasteiger charge is 2.16. The molecule has 6 nitrogen and oxygen atoms in total. The lowest BCUT2D eigenvalue weighted by Gasteiger charge is -2.06. The van der Waals surface area contributed by atoms with Crippen LogP contribution in [0.25, 0.3) is 22.5 Å². The number of anilines is 1. The average molecular weight is 283 g/mol. The van der Waals surface area contributed by atoms with Gasteiger partial charge in [0.25, 0.3) is 0 Å². The maximum Gasteiger partial charge on any atom is 0.153 e. The third-order valence-corrected chi connectivity index (χ3v) is 3.22. The Hall–Kier alpha value is -2.76. The van der Waals surface area contributed by atoms with Gasteiger partial charge in [-0.15, -0.1) is 0 Å². The first-order valence-corrected chi connectivity index (χ1v) is 6.76. The Morgan fingerprint density at radius 1 is 1.24 bits per heavy atom. The first kappa shape index (κ1) is 13.2. The van der Waals surface area contributed by atoms with Crippen molar-refractivity contribution in [3.05, 3.63) is 36.5 Å². The quantitative estimate of drug-likeness (QED) is 0.770. The maximum absolute atomic E-state index is 6.01. The van der Waals surface area contributed by atoms with E-state index in [1.165, 1.54) is 0 Å². The molecule has 3 rings (SSSR count). The molecule has 0 aliphatic rings. The Labute approximate surface area is 122 Å². The van der Waals surface area contributed by atoms with Crippen LogP contribution in [0.15, 0.2) is 36.5 Å². The van der Waals surface area contributed by atoms with E-state index in [4.69, 9.17) is 10.5 Å². The summed E-state index contributed by atoms with van der Waals surface area (Å²) in [6.07, 6.45) is 1.88. The lowest BCUT2D eigenvalue weighted by atomic mass is 10.0. The van der Waals surface area contributed by atoms with Crippen molar-refractivity contribution in [2.75, 3.05) is 12.3 Å². The van der Waals surface area contributed by atoms with Crippen molar-refractivity contribution in [2.45, 2.75) is 6.92 Å². The summed E-state index contributed by atoms with van der Waals surface area (Å²) < 4.78 is 7.20. The van der Waals surface area contributed by atoms with Gasteiger partial charge in [-0.2, -0.15) is 10.2 Å². The van der Waals surface area contributed by atoms with Gasteiger partial charge in [-0.25, -0.2) is 0 Å². The second kappa shape index (κ2) is 5.32. The highest BCUT2D eigenvalue weighted by Crippen LogP contribution is 2.34. The minimum absolute atomic E-state index is 0.458. The van der Waals surface area contributed by atoms with Crippen LogP contribution in [-0.2, 0) is 7.05 Å². The molecular weight excluding hydrogens is 266 g/mol. The van der Waals surface area contributed by atoms with Crippen LogP contribution in [0.1, 0.15) is 6.92 Å². The fraction of sp³-hybridized carbons (Fsp3) is 0.200. The zero-order chi connectivity index (χ0) is 14.8. The number of hydrogen-bond acceptors (Lipinski definition) is 4. The smallest absolute Gasteiger partial charge is 0.153 e. The van der Waals surface area contributed by atoms with Crippen LogP contribution in [0, 0.1) is 0 Å². The van der Waals surface area contributed by atoms with Crippen LogP contribution >= 0.6 is 0 Å². The number of aromatic nitrogens is 4. The molecular formula is C15H17N5O. The number of benzene rings is 1. The molecule has 3 N–H and O–H groups in total. The minimum atomic E-state index is 0.458. The van der Waals surface area contributed by atoms with Crippen LogP contribution in [0.5, 0.6) is 5.75 Å². The van der Waals surface area contributed by atoms with Crippen molar-refractivity contribution in [2.24, 2.45) is 7.05 Å². The molecule has 0 atom stereocenters. The minimum Gasteiger partial charge on any atom is -0.494 e. The normalized spacial score (nSPS) is 10.8. The van der Waals surface area contributed by atoms with Gasteiger partial charge in [-0.05, 0) is 30.7 Å². The zero-order valence-electron chi connectivity index (χ0n) is 12.0. The predicted molar refractivity (Wildman–Crippen MR) is 81.8 cm³/mol. The summed E-state index contributed by atoms with van der Waals surface area (Å²) in [5.74, 6) is 1.29. The van der Waals surface area contributed by atoms with Crippen molar-refractivity contribution >= 4 is 5.82 Å². The van der Waals surface area contributed by atoms with Gasteiger partial charge >= 0.3 is 0 Å². The molecule has 0 aliphatic carbocycles. The van der Waals surface area contributed by atoms with E-state index in [1.54, 1.807) is 4.68 Å². The Kier molecular flexibility index (Phi) is 3.35. The maximum atomic E-state index is 6.01. The zero-order valence-corrected chi connectivity index (χ0v) is 12.0. The van der Waals surface area contributed by atoms with Crippen molar-refractivity contribution in [3.8, 4) is 28.3 Å². The molecule has 21 heavy (non-hydrogen) atoms. The summed E-state index contributed by atoms with van der Waals surface area (Å²) in [6, 6.07) is 9.71. The number of hydrogen-bond donors (Lipinski definition) is 2. The largest absolute Gasteiger partial charge is 0.494 e. The van der Waals surface area contributed by atoms with Gasteiger partial charge in [0.2, 0.25) is 0 Å². The first-order chi connectivity index (χ1) is 10.2. The summed E-state index contributed by atoms with van der Waals surface area (Å²) in [4.78, 5) is 0. The molecule has 2 aromatic heterocycles. The van der Waals surface area contributed by atoms with Crippen molar-refractivity contribution in [1.29, 1.82) is 0 Å². The van der Waals surface area contributed by atoms with Gasteiger partial charge in [0, 0.05) is 13.2 Å². The van der Waals surface area contributed by atoms with Crippen LogP contribution in [0.3, 0.4) is 0 Å². The molecule has 0 radical (unpaired) electrons. The fourth-order valence-electron chi connectivity index (χ4n) is 2.27. The third kappa shape index (κ3) is 2.47. The van der Waals surface area contributed by atoms with E-state index in [-0.39, 0.29) is 0 Å². The molecule has 3 aromatic rings. The number of H-pyrrole nitrogens is 1. The van der Waals surface area contributed by atoms with E-state index >= 15 is 0 Å².